The number of methoxy groups -OCH3 is 1. The number of amides is 4. The Bertz CT molecular complexity index is 941. The highest BCUT2D eigenvalue weighted by atomic mass is 16.5. The van der Waals surface area contributed by atoms with Gasteiger partial charge in [-0.3, -0.25) is 14.9 Å². The van der Waals surface area contributed by atoms with Crippen molar-refractivity contribution in [2.75, 3.05) is 12.0 Å². The second-order valence-electron chi connectivity index (χ2n) is 5.95. The minimum atomic E-state index is -0.759. The Kier molecular flexibility index (Phi) is 5.17. The molecule has 1 N–H and O–H groups in total. The molecule has 3 rings (SSSR count). The first-order chi connectivity index (χ1) is 13.0. The van der Waals surface area contributed by atoms with Crippen molar-refractivity contribution in [1.29, 1.82) is 0 Å². The Morgan fingerprint density at radius 2 is 1.63 bits per heavy atom. The summed E-state index contributed by atoms with van der Waals surface area (Å²) < 4.78 is 5.10. The molecule has 0 radical (unpaired) electrons. The smallest absolute Gasteiger partial charge is 0.335 e. The van der Waals surface area contributed by atoms with Gasteiger partial charge in [-0.05, 0) is 42.8 Å². The van der Waals surface area contributed by atoms with Crippen LogP contribution in [-0.2, 0) is 9.59 Å². The minimum Gasteiger partial charge on any atom is -0.497 e. The third-order valence-electron chi connectivity index (χ3n) is 4.06. The first kappa shape index (κ1) is 18.1. The number of rotatable bonds is 4. The van der Waals surface area contributed by atoms with E-state index in [0.29, 0.717) is 5.69 Å². The van der Waals surface area contributed by atoms with Crippen molar-refractivity contribution in [3.05, 3.63) is 77.4 Å². The van der Waals surface area contributed by atoms with Gasteiger partial charge >= 0.3 is 6.03 Å². The molecule has 0 spiro atoms. The number of carbonyl (C=O) groups excluding carboxylic acids is 3. The molecule has 136 valence electrons. The molecule has 0 aromatic heterocycles. The summed E-state index contributed by atoms with van der Waals surface area (Å²) in [6.07, 6.45) is 4.74. The molecule has 2 aromatic rings. The second-order valence-corrected chi connectivity index (χ2v) is 5.95. The van der Waals surface area contributed by atoms with Crippen molar-refractivity contribution < 1.29 is 19.1 Å². The zero-order chi connectivity index (χ0) is 19.4. The predicted molar refractivity (Wildman–Crippen MR) is 102 cm³/mol. The Hall–Kier alpha value is -3.67. The van der Waals surface area contributed by atoms with Crippen LogP contribution in [0.2, 0.25) is 0 Å². The number of nitrogens with one attached hydrogen (secondary N) is 1. The topological polar surface area (TPSA) is 75.7 Å². The van der Waals surface area contributed by atoms with Gasteiger partial charge in [0.05, 0.1) is 12.8 Å². The lowest BCUT2D eigenvalue weighted by Crippen LogP contribution is -2.54. The van der Waals surface area contributed by atoms with Gasteiger partial charge in [0.2, 0.25) is 0 Å². The number of hydrogen-bond donors (Lipinski definition) is 1. The van der Waals surface area contributed by atoms with Crippen LogP contribution < -0.4 is 15.0 Å². The fourth-order valence-corrected chi connectivity index (χ4v) is 2.58. The molecule has 0 bridgehead atoms. The van der Waals surface area contributed by atoms with Crippen LogP contribution in [0.4, 0.5) is 10.5 Å². The van der Waals surface area contributed by atoms with Gasteiger partial charge in [-0.25, -0.2) is 9.69 Å². The van der Waals surface area contributed by atoms with E-state index in [1.54, 1.807) is 43.5 Å². The molecule has 1 aliphatic heterocycles. The summed E-state index contributed by atoms with van der Waals surface area (Å²) in [5.41, 5.74) is 2.17. The third-order valence-corrected chi connectivity index (χ3v) is 4.06. The van der Waals surface area contributed by atoms with E-state index in [9.17, 15) is 14.4 Å². The first-order valence-electron chi connectivity index (χ1n) is 8.28. The maximum atomic E-state index is 12.7. The average Bonchev–Trinajstić information content (AvgIpc) is 2.66. The first-order valence-corrected chi connectivity index (χ1v) is 8.28. The van der Waals surface area contributed by atoms with Crippen LogP contribution in [0, 0.1) is 6.92 Å². The van der Waals surface area contributed by atoms with Crippen molar-refractivity contribution in [2.24, 2.45) is 0 Å². The van der Waals surface area contributed by atoms with Crippen LogP contribution in [0.25, 0.3) is 6.08 Å². The normalized spacial score (nSPS) is 16.1. The number of hydrogen-bond acceptors (Lipinski definition) is 4. The Morgan fingerprint density at radius 3 is 2.26 bits per heavy atom. The van der Waals surface area contributed by atoms with Gasteiger partial charge in [0.25, 0.3) is 11.8 Å². The van der Waals surface area contributed by atoms with E-state index >= 15 is 0 Å². The number of imide groups is 2. The van der Waals surface area contributed by atoms with Crippen molar-refractivity contribution in [2.45, 2.75) is 6.92 Å². The van der Waals surface area contributed by atoms with Crippen LogP contribution in [-0.4, -0.2) is 25.0 Å². The zero-order valence-electron chi connectivity index (χ0n) is 14.9. The van der Waals surface area contributed by atoms with E-state index in [4.69, 9.17) is 4.74 Å². The zero-order valence-corrected chi connectivity index (χ0v) is 14.9. The van der Waals surface area contributed by atoms with Gasteiger partial charge in [0.1, 0.15) is 11.3 Å². The SMILES string of the molecule is COc1ccc(/C=C/C=C2\C(=O)NC(=O)N(c3ccc(C)cc3)C2=O)cc1. The van der Waals surface area contributed by atoms with Crippen LogP contribution in [0.15, 0.2) is 66.3 Å². The van der Waals surface area contributed by atoms with Gasteiger partial charge in [0.15, 0.2) is 0 Å². The number of benzene rings is 2. The molecule has 1 aliphatic rings. The molecular weight excluding hydrogens is 344 g/mol. The molecule has 0 aliphatic carbocycles. The molecule has 27 heavy (non-hydrogen) atoms. The molecule has 2 aromatic carbocycles. The van der Waals surface area contributed by atoms with E-state index in [1.165, 1.54) is 6.08 Å². The number of anilines is 1. The molecule has 1 saturated heterocycles. The van der Waals surface area contributed by atoms with Crippen LogP contribution in [0.3, 0.4) is 0 Å². The van der Waals surface area contributed by atoms with Crippen molar-refractivity contribution in [3.8, 4) is 5.75 Å². The third kappa shape index (κ3) is 3.95. The number of urea groups is 1. The minimum absolute atomic E-state index is 0.111. The van der Waals surface area contributed by atoms with E-state index < -0.39 is 17.8 Å². The molecule has 6 heteroatoms. The summed E-state index contributed by atoms with van der Waals surface area (Å²) in [7, 11) is 1.59. The van der Waals surface area contributed by atoms with Crippen molar-refractivity contribution >= 4 is 29.6 Å². The molecule has 6 nitrogen and oxygen atoms in total. The number of nitrogens with zero attached hydrogens (tertiary/aromatic N) is 1. The summed E-state index contributed by atoms with van der Waals surface area (Å²) in [6.45, 7) is 1.90. The Labute approximate surface area is 156 Å². The fraction of sp³-hybridized carbons (Fsp3) is 0.0952. The van der Waals surface area contributed by atoms with Crippen molar-refractivity contribution in [3.63, 3.8) is 0 Å². The summed E-state index contributed by atoms with van der Waals surface area (Å²) >= 11 is 0. The molecule has 0 atom stereocenters. The van der Waals surface area contributed by atoms with Gasteiger partial charge in [-0.2, -0.15) is 0 Å². The monoisotopic (exact) mass is 362 g/mol. The Morgan fingerprint density at radius 1 is 0.963 bits per heavy atom. The standard InChI is InChI=1S/C21H18N2O4/c1-14-6-10-16(11-7-14)23-20(25)18(19(24)22-21(23)26)5-3-4-15-8-12-17(27-2)13-9-15/h3-13H,1-2H3,(H,22,24,26)/b4-3+,18-5+. The maximum Gasteiger partial charge on any atom is 0.335 e. The van der Waals surface area contributed by atoms with Gasteiger partial charge < -0.3 is 4.74 Å². The lowest BCUT2D eigenvalue weighted by molar-refractivity contribution is -0.122. The molecule has 0 saturated carbocycles. The van der Waals surface area contributed by atoms with Crippen LogP contribution in [0.1, 0.15) is 11.1 Å². The Balaban J connectivity index is 1.84. The second kappa shape index (κ2) is 7.70. The maximum absolute atomic E-state index is 12.7. The summed E-state index contributed by atoms with van der Waals surface area (Å²) in [5, 5.41) is 2.20. The predicted octanol–water partition coefficient (Wildman–Crippen LogP) is 3.23. The number of aryl methyl sites for hydroxylation is 1. The molecular formula is C21H18N2O4. The molecule has 1 fully saturated rings. The van der Waals surface area contributed by atoms with E-state index in [-0.39, 0.29) is 5.57 Å². The molecule has 4 amide bonds. The number of allylic oxidation sites excluding steroid dienone is 2. The lowest BCUT2D eigenvalue weighted by atomic mass is 10.1. The fourth-order valence-electron chi connectivity index (χ4n) is 2.58. The average molecular weight is 362 g/mol. The summed E-state index contributed by atoms with van der Waals surface area (Å²) in [6, 6.07) is 13.5. The van der Waals surface area contributed by atoms with E-state index in [0.717, 1.165) is 21.8 Å². The highest BCUT2D eigenvalue weighted by molar-refractivity contribution is 6.37. The summed E-state index contributed by atoms with van der Waals surface area (Å²) in [4.78, 5) is 37.8. The largest absolute Gasteiger partial charge is 0.497 e. The van der Waals surface area contributed by atoms with Crippen LogP contribution >= 0.6 is 0 Å². The van der Waals surface area contributed by atoms with E-state index in [2.05, 4.69) is 5.32 Å². The summed E-state index contributed by atoms with van der Waals surface area (Å²) in [5.74, 6) is -0.640. The number of barbiturate groups is 1. The lowest BCUT2D eigenvalue weighted by Gasteiger charge is -2.26. The van der Waals surface area contributed by atoms with Crippen molar-refractivity contribution in [1.82, 2.24) is 5.32 Å². The quantitative estimate of drug-likeness (QED) is 0.669. The number of carbonyl (C=O) groups is 3. The number of ether oxygens (including phenoxy) is 1. The van der Waals surface area contributed by atoms with Gasteiger partial charge in [-0.1, -0.05) is 42.0 Å². The highest BCUT2D eigenvalue weighted by Crippen LogP contribution is 2.21. The van der Waals surface area contributed by atoms with Gasteiger partial charge in [-0.15, -0.1) is 0 Å². The molecule has 1 heterocycles. The van der Waals surface area contributed by atoms with Gasteiger partial charge in [0, 0.05) is 0 Å². The van der Waals surface area contributed by atoms with E-state index in [1.807, 2.05) is 31.2 Å². The highest BCUT2D eigenvalue weighted by Gasteiger charge is 2.36. The van der Waals surface area contributed by atoms with Crippen LogP contribution in [0.5, 0.6) is 5.75 Å². The molecule has 0 unspecified atom stereocenters.